The monoisotopic (exact) mass is 245 g/mol. The van der Waals surface area contributed by atoms with Crippen LogP contribution in [0, 0.1) is 0 Å². The van der Waals surface area contributed by atoms with Crippen LogP contribution in [0.1, 0.15) is 0 Å². The van der Waals surface area contributed by atoms with E-state index in [1.165, 1.54) is 0 Å². The fourth-order valence-electron chi connectivity index (χ4n) is 1.67. The lowest BCUT2D eigenvalue weighted by atomic mass is 10.2. The number of aromatic nitrogens is 2. The van der Waals surface area contributed by atoms with Crippen molar-refractivity contribution < 1.29 is 4.74 Å². The van der Waals surface area contributed by atoms with Crippen LogP contribution < -0.4 is 21.1 Å². The third-order valence-electron chi connectivity index (χ3n) is 2.54. The highest BCUT2D eigenvalue weighted by molar-refractivity contribution is 5.68. The van der Waals surface area contributed by atoms with Crippen LogP contribution >= 0.6 is 0 Å². The highest BCUT2D eigenvalue weighted by atomic mass is 16.5. The molecule has 0 aliphatic heterocycles. The van der Waals surface area contributed by atoms with Crippen molar-refractivity contribution in [2.45, 2.75) is 0 Å². The van der Waals surface area contributed by atoms with E-state index in [-0.39, 0.29) is 5.95 Å². The summed E-state index contributed by atoms with van der Waals surface area (Å²) < 4.78 is 5.30. The highest BCUT2D eigenvalue weighted by Gasteiger charge is 2.11. The molecule has 1 aromatic carbocycles. The van der Waals surface area contributed by atoms with Crippen molar-refractivity contribution in [3.05, 3.63) is 30.3 Å². The van der Waals surface area contributed by atoms with Crippen LogP contribution in [0.3, 0.4) is 0 Å². The fraction of sp³-hybridized carbons (Fsp3) is 0.167. The van der Waals surface area contributed by atoms with Gasteiger partial charge < -0.3 is 21.1 Å². The molecule has 6 heteroatoms. The molecule has 0 saturated heterocycles. The number of para-hydroxylation sites is 2. The Morgan fingerprint density at radius 3 is 2.56 bits per heavy atom. The van der Waals surface area contributed by atoms with E-state index in [2.05, 4.69) is 9.97 Å². The number of nitrogen functional groups attached to an aromatic ring is 2. The number of hydrogen-bond donors (Lipinski definition) is 2. The Labute approximate surface area is 105 Å². The second kappa shape index (κ2) is 4.79. The summed E-state index contributed by atoms with van der Waals surface area (Å²) >= 11 is 0. The maximum Gasteiger partial charge on any atom is 0.223 e. The normalized spacial score (nSPS) is 10.1. The van der Waals surface area contributed by atoms with Gasteiger partial charge in [-0.1, -0.05) is 12.1 Å². The van der Waals surface area contributed by atoms with E-state index < -0.39 is 0 Å². The van der Waals surface area contributed by atoms with Crippen molar-refractivity contribution in [2.24, 2.45) is 0 Å². The second-order valence-corrected chi connectivity index (χ2v) is 3.74. The molecule has 2 aromatic rings. The number of nitrogens with zero attached hydrogens (tertiary/aromatic N) is 3. The van der Waals surface area contributed by atoms with E-state index in [0.29, 0.717) is 11.6 Å². The van der Waals surface area contributed by atoms with Gasteiger partial charge in [0, 0.05) is 13.1 Å². The summed E-state index contributed by atoms with van der Waals surface area (Å²) in [6, 6.07) is 9.27. The lowest BCUT2D eigenvalue weighted by molar-refractivity contribution is 0.415. The molecule has 0 aliphatic carbocycles. The van der Waals surface area contributed by atoms with E-state index >= 15 is 0 Å². The first kappa shape index (κ1) is 12.0. The second-order valence-electron chi connectivity index (χ2n) is 3.74. The minimum absolute atomic E-state index is 0.145. The average molecular weight is 245 g/mol. The molecular weight excluding hydrogens is 230 g/mol. The number of methoxy groups -OCH3 is 1. The van der Waals surface area contributed by atoms with Gasteiger partial charge in [-0.15, -0.1) is 0 Å². The molecule has 0 amide bonds. The molecule has 0 aliphatic rings. The summed E-state index contributed by atoms with van der Waals surface area (Å²) in [4.78, 5) is 9.82. The summed E-state index contributed by atoms with van der Waals surface area (Å²) in [6.07, 6.45) is 0. The van der Waals surface area contributed by atoms with E-state index in [4.69, 9.17) is 16.2 Å². The Kier molecular flexibility index (Phi) is 3.18. The van der Waals surface area contributed by atoms with Crippen LogP contribution in [0.25, 0.3) is 0 Å². The van der Waals surface area contributed by atoms with Crippen LogP contribution in [0.15, 0.2) is 30.3 Å². The first-order valence-electron chi connectivity index (χ1n) is 5.38. The largest absolute Gasteiger partial charge is 0.495 e. The molecule has 0 atom stereocenters. The third-order valence-corrected chi connectivity index (χ3v) is 2.54. The quantitative estimate of drug-likeness (QED) is 0.849. The molecule has 4 N–H and O–H groups in total. The number of rotatable bonds is 3. The molecule has 18 heavy (non-hydrogen) atoms. The number of hydrogen-bond acceptors (Lipinski definition) is 6. The molecule has 0 spiro atoms. The highest BCUT2D eigenvalue weighted by Crippen LogP contribution is 2.31. The smallest absolute Gasteiger partial charge is 0.223 e. The first-order valence-corrected chi connectivity index (χ1v) is 5.38. The van der Waals surface area contributed by atoms with Gasteiger partial charge in [0.1, 0.15) is 17.4 Å². The van der Waals surface area contributed by atoms with Gasteiger partial charge in [-0.3, -0.25) is 0 Å². The third kappa shape index (κ3) is 2.27. The molecule has 0 saturated carbocycles. The first-order chi connectivity index (χ1) is 8.61. The van der Waals surface area contributed by atoms with Gasteiger partial charge in [-0.2, -0.15) is 9.97 Å². The maximum absolute atomic E-state index is 5.66. The van der Waals surface area contributed by atoms with Gasteiger partial charge in [-0.05, 0) is 12.1 Å². The van der Waals surface area contributed by atoms with Crippen molar-refractivity contribution in [1.29, 1.82) is 0 Å². The Morgan fingerprint density at radius 1 is 1.17 bits per heavy atom. The number of ether oxygens (including phenoxy) is 1. The molecule has 2 rings (SSSR count). The zero-order valence-electron chi connectivity index (χ0n) is 10.3. The average Bonchev–Trinajstić information content (AvgIpc) is 2.36. The topological polar surface area (TPSA) is 90.3 Å². The van der Waals surface area contributed by atoms with Crippen molar-refractivity contribution in [2.75, 3.05) is 30.5 Å². The standard InChI is InChI=1S/C12H15N5O/c1-17(8-5-3-4-6-9(8)18-2)11-7-10(13)15-12(14)16-11/h3-7H,1-2H3,(H4,13,14,15,16). The minimum atomic E-state index is 0.145. The van der Waals surface area contributed by atoms with Gasteiger partial charge in [0.15, 0.2) is 0 Å². The molecule has 0 radical (unpaired) electrons. The Morgan fingerprint density at radius 2 is 1.89 bits per heavy atom. The van der Waals surface area contributed by atoms with Crippen molar-refractivity contribution in [3.8, 4) is 5.75 Å². The molecular formula is C12H15N5O. The Hall–Kier alpha value is -2.50. The van der Waals surface area contributed by atoms with Crippen LogP contribution in [0.5, 0.6) is 5.75 Å². The summed E-state index contributed by atoms with van der Waals surface area (Å²) in [7, 11) is 3.48. The zero-order chi connectivity index (χ0) is 13.1. The number of benzene rings is 1. The van der Waals surface area contributed by atoms with Crippen LogP contribution in [-0.4, -0.2) is 24.1 Å². The summed E-state index contributed by atoms with van der Waals surface area (Å²) in [5, 5.41) is 0. The van der Waals surface area contributed by atoms with E-state index in [9.17, 15) is 0 Å². The van der Waals surface area contributed by atoms with Gasteiger partial charge in [0.05, 0.1) is 12.8 Å². The minimum Gasteiger partial charge on any atom is -0.495 e. The lowest BCUT2D eigenvalue weighted by Gasteiger charge is -2.20. The maximum atomic E-state index is 5.66. The van der Waals surface area contributed by atoms with Gasteiger partial charge in [0.2, 0.25) is 5.95 Å². The summed E-state index contributed by atoms with van der Waals surface area (Å²) in [5.41, 5.74) is 12.1. The predicted molar refractivity (Wildman–Crippen MR) is 71.9 cm³/mol. The van der Waals surface area contributed by atoms with Crippen molar-refractivity contribution in [3.63, 3.8) is 0 Å². The van der Waals surface area contributed by atoms with E-state index in [1.807, 2.05) is 36.2 Å². The lowest BCUT2D eigenvalue weighted by Crippen LogP contribution is -2.14. The van der Waals surface area contributed by atoms with Crippen molar-refractivity contribution in [1.82, 2.24) is 9.97 Å². The van der Waals surface area contributed by atoms with Gasteiger partial charge in [0.25, 0.3) is 0 Å². The van der Waals surface area contributed by atoms with E-state index in [0.717, 1.165) is 11.4 Å². The van der Waals surface area contributed by atoms with Crippen LogP contribution in [0.4, 0.5) is 23.3 Å². The molecule has 1 heterocycles. The van der Waals surface area contributed by atoms with Crippen molar-refractivity contribution >= 4 is 23.3 Å². The Balaban J connectivity index is 2.44. The molecule has 0 unspecified atom stereocenters. The molecule has 1 aromatic heterocycles. The van der Waals surface area contributed by atoms with Crippen LogP contribution in [0.2, 0.25) is 0 Å². The fourth-order valence-corrected chi connectivity index (χ4v) is 1.67. The molecule has 0 fully saturated rings. The molecule has 94 valence electrons. The molecule has 6 nitrogen and oxygen atoms in total. The summed E-state index contributed by atoms with van der Waals surface area (Å²) in [6.45, 7) is 0. The molecule has 0 bridgehead atoms. The predicted octanol–water partition coefficient (Wildman–Crippen LogP) is 1.42. The van der Waals surface area contributed by atoms with Gasteiger partial charge >= 0.3 is 0 Å². The van der Waals surface area contributed by atoms with E-state index in [1.54, 1.807) is 13.2 Å². The van der Waals surface area contributed by atoms with Crippen LogP contribution in [-0.2, 0) is 0 Å². The SMILES string of the molecule is COc1ccccc1N(C)c1cc(N)nc(N)n1. The zero-order valence-corrected chi connectivity index (χ0v) is 10.3. The Bertz CT molecular complexity index is 538. The number of anilines is 4. The van der Waals surface area contributed by atoms with Gasteiger partial charge in [-0.25, -0.2) is 0 Å². The summed E-state index contributed by atoms with van der Waals surface area (Å²) in [5.74, 6) is 1.84. The number of nitrogens with two attached hydrogens (primary N) is 2.